The summed E-state index contributed by atoms with van der Waals surface area (Å²) in [5.74, 6) is -1.87. The van der Waals surface area contributed by atoms with Crippen molar-refractivity contribution in [1.29, 1.82) is 0 Å². The van der Waals surface area contributed by atoms with E-state index in [4.69, 9.17) is 0 Å². The fourth-order valence-corrected chi connectivity index (χ4v) is 3.07. The number of carbonyl (C=O) groups is 1. The minimum Gasteiger partial charge on any atom is -0.462 e. The first-order chi connectivity index (χ1) is 12.6. The van der Waals surface area contributed by atoms with Crippen molar-refractivity contribution in [2.45, 2.75) is 115 Å². The minimum absolute atomic E-state index is 0. The van der Waals surface area contributed by atoms with Gasteiger partial charge >= 0.3 is 0 Å². The molecule has 27 heavy (non-hydrogen) atoms. The van der Waals surface area contributed by atoms with Crippen molar-refractivity contribution in [2.75, 3.05) is 6.61 Å². The van der Waals surface area contributed by atoms with Crippen LogP contribution in [0.15, 0.2) is 12.2 Å². The van der Waals surface area contributed by atoms with Crippen LogP contribution in [0.1, 0.15) is 110 Å². The fraction of sp³-hybridized carbons (Fsp3) is 0.864. The van der Waals surface area contributed by atoms with E-state index in [9.17, 15) is 15.0 Å². The van der Waals surface area contributed by atoms with E-state index in [2.05, 4.69) is 23.8 Å². The molecule has 0 saturated heterocycles. The molecule has 0 aliphatic carbocycles. The van der Waals surface area contributed by atoms with Crippen molar-refractivity contribution >= 4 is 6.47 Å². The lowest BCUT2D eigenvalue weighted by atomic mass is 10.0. The highest BCUT2D eigenvalue weighted by Gasteiger charge is 2.22. The molecule has 0 aliphatic heterocycles. The van der Waals surface area contributed by atoms with Gasteiger partial charge in [-0.15, -0.1) is 0 Å². The summed E-state index contributed by atoms with van der Waals surface area (Å²) in [5.41, 5.74) is 0. The SMILES string of the molecule is CCCCCCCC/C=C\CCCCCCCCCC(O)(O)COC=O.N. The number of carbonyl (C=O) groups excluding carboxylic acids is 1. The summed E-state index contributed by atoms with van der Waals surface area (Å²) >= 11 is 0. The quantitative estimate of drug-likeness (QED) is 0.106. The van der Waals surface area contributed by atoms with Gasteiger partial charge in [-0.25, -0.2) is 0 Å². The van der Waals surface area contributed by atoms with E-state index in [-0.39, 0.29) is 25.7 Å². The Balaban J connectivity index is 0. The van der Waals surface area contributed by atoms with E-state index < -0.39 is 5.79 Å². The van der Waals surface area contributed by atoms with Gasteiger partial charge in [-0.1, -0.05) is 83.3 Å². The number of rotatable bonds is 20. The first-order valence-electron chi connectivity index (χ1n) is 10.8. The van der Waals surface area contributed by atoms with E-state index >= 15 is 0 Å². The maximum atomic E-state index is 10.0. The van der Waals surface area contributed by atoms with Crippen LogP contribution in [0.5, 0.6) is 0 Å². The van der Waals surface area contributed by atoms with E-state index in [1.54, 1.807) is 0 Å². The molecule has 0 aromatic heterocycles. The maximum Gasteiger partial charge on any atom is 0.293 e. The van der Waals surface area contributed by atoms with Gasteiger partial charge in [-0.05, 0) is 32.1 Å². The Bertz CT molecular complexity index is 332. The van der Waals surface area contributed by atoms with Crippen molar-refractivity contribution in [3.63, 3.8) is 0 Å². The van der Waals surface area contributed by atoms with E-state index in [0.29, 0.717) is 0 Å². The molecule has 0 rings (SSSR count). The van der Waals surface area contributed by atoms with Gasteiger partial charge in [0.05, 0.1) is 0 Å². The predicted molar refractivity (Wildman–Crippen MR) is 113 cm³/mol. The van der Waals surface area contributed by atoms with Crippen LogP contribution in [0.25, 0.3) is 0 Å². The van der Waals surface area contributed by atoms with Crippen LogP contribution in [0.2, 0.25) is 0 Å². The molecule has 162 valence electrons. The van der Waals surface area contributed by atoms with Gasteiger partial charge in [0.2, 0.25) is 0 Å². The van der Waals surface area contributed by atoms with Crippen LogP contribution in [0, 0.1) is 0 Å². The molecular formula is C22H45NO4. The molecule has 0 amide bonds. The topological polar surface area (TPSA) is 102 Å². The van der Waals surface area contributed by atoms with Gasteiger partial charge in [-0.2, -0.15) is 0 Å². The van der Waals surface area contributed by atoms with Crippen LogP contribution >= 0.6 is 0 Å². The van der Waals surface area contributed by atoms with Gasteiger partial charge in [-0.3, -0.25) is 4.79 Å². The highest BCUT2D eigenvalue weighted by Crippen LogP contribution is 2.15. The van der Waals surface area contributed by atoms with Crippen LogP contribution in [-0.4, -0.2) is 29.1 Å². The maximum absolute atomic E-state index is 10.0. The van der Waals surface area contributed by atoms with Crippen LogP contribution in [0.3, 0.4) is 0 Å². The number of allylic oxidation sites excluding steroid dienone is 2. The highest BCUT2D eigenvalue weighted by molar-refractivity contribution is 5.36. The first kappa shape index (κ1) is 28.3. The van der Waals surface area contributed by atoms with Gasteiger partial charge < -0.3 is 21.1 Å². The van der Waals surface area contributed by atoms with Crippen molar-refractivity contribution in [3.05, 3.63) is 12.2 Å². The molecule has 0 saturated carbocycles. The normalized spacial score (nSPS) is 11.5. The van der Waals surface area contributed by atoms with Gasteiger partial charge in [0.15, 0.2) is 5.79 Å². The summed E-state index contributed by atoms with van der Waals surface area (Å²) in [6.45, 7) is 2.16. The molecule has 5 N–H and O–H groups in total. The monoisotopic (exact) mass is 387 g/mol. The molecule has 0 fully saturated rings. The molecule has 0 heterocycles. The molecule has 0 atom stereocenters. The van der Waals surface area contributed by atoms with Crippen molar-refractivity contribution in [3.8, 4) is 0 Å². The molecule has 5 nitrogen and oxygen atoms in total. The first-order valence-corrected chi connectivity index (χ1v) is 10.8. The Morgan fingerprint density at radius 1 is 0.741 bits per heavy atom. The molecule has 0 unspecified atom stereocenters. The molecule has 0 spiro atoms. The van der Waals surface area contributed by atoms with Gasteiger partial charge in [0.25, 0.3) is 6.47 Å². The minimum atomic E-state index is -1.87. The second-order valence-corrected chi connectivity index (χ2v) is 7.43. The lowest BCUT2D eigenvalue weighted by molar-refractivity contribution is -0.200. The zero-order valence-corrected chi connectivity index (χ0v) is 17.7. The Hall–Kier alpha value is -0.910. The highest BCUT2D eigenvalue weighted by atomic mass is 16.6. The number of ether oxygens (including phenoxy) is 1. The second kappa shape index (κ2) is 21.4. The summed E-state index contributed by atoms with van der Waals surface area (Å²) in [6.07, 6.45) is 23.5. The molecule has 0 aromatic carbocycles. The molecule has 0 aliphatic rings. The molecule has 0 radical (unpaired) electrons. The summed E-state index contributed by atoms with van der Waals surface area (Å²) in [5, 5.41) is 19.1. The van der Waals surface area contributed by atoms with E-state index in [1.807, 2.05) is 0 Å². The number of hydrogen-bond acceptors (Lipinski definition) is 5. The number of aliphatic hydroxyl groups is 2. The van der Waals surface area contributed by atoms with Crippen molar-refractivity contribution in [1.82, 2.24) is 6.15 Å². The van der Waals surface area contributed by atoms with E-state index in [0.717, 1.165) is 19.3 Å². The summed E-state index contributed by atoms with van der Waals surface area (Å²) in [7, 11) is 0. The lowest BCUT2D eigenvalue weighted by Gasteiger charge is -2.19. The third kappa shape index (κ3) is 23.1. The summed E-state index contributed by atoms with van der Waals surface area (Å²) in [6, 6.07) is 0. The predicted octanol–water partition coefficient (Wildman–Crippen LogP) is 5.82. The van der Waals surface area contributed by atoms with Crippen LogP contribution in [0.4, 0.5) is 0 Å². The molecule has 0 aromatic rings. The third-order valence-corrected chi connectivity index (χ3v) is 4.72. The average molecular weight is 388 g/mol. The zero-order valence-electron chi connectivity index (χ0n) is 17.7. The second-order valence-electron chi connectivity index (χ2n) is 7.43. The Morgan fingerprint density at radius 3 is 1.67 bits per heavy atom. The lowest BCUT2D eigenvalue weighted by Crippen LogP contribution is -2.33. The summed E-state index contributed by atoms with van der Waals surface area (Å²) in [4.78, 5) is 10.0. The van der Waals surface area contributed by atoms with Gasteiger partial charge in [0, 0.05) is 6.42 Å². The zero-order chi connectivity index (χ0) is 19.3. The van der Waals surface area contributed by atoms with Crippen LogP contribution < -0.4 is 6.15 Å². The Morgan fingerprint density at radius 2 is 1.19 bits per heavy atom. The number of unbranched alkanes of at least 4 members (excludes halogenated alkanes) is 13. The molecular weight excluding hydrogens is 342 g/mol. The van der Waals surface area contributed by atoms with Gasteiger partial charge in [0.1, 0.15) is 6.61 Å². The smallest absolute Gasteiger partial charge is 0.293 e. The van der Waals surface area contributed by atoms with E-state index in [1.165, 1.54) is 77.0 Å². The number of hydrogen-bond donors (Lipinski definition) is 3. The third-order valence-electron chi connectivity index (χ3n) is 4.72. The molecule has 5 heteroatoms. The Kier molecular flexibility index (Phi) is 22.4. The van der Waals surface area contributed by atoms with Crippen molar-refractivity contribution < 1.29 is 19.7 Å². The summed E-state index contributed by atoms with van der Waals surface area (Å²) < 4.78 is 4.40. The fourth-order valence-electron chi connectivity index (χ4n) is 3.07. The largest absolute Gasteiger partial charge is 0.462 e. The van der Waals surface area contributed by atoms with Crippen molar-refractivity contribution in [2.24, 2.45) is 0 Å². The molecule has 0 bridgehead atoms. The van der Waals surface area contributed by atoms with Crippen LogP contribution in [-0.2, 0) is 9.53 Å². The average Bonchev–Trinajstić information content (AvgIpc) is 2.62. The standard InChI is InChI=1S/C22H42O4.H3N/c1-2-3-4-5-6-7-8-9-10-11-12-13-14-15-16-17-18-19-22(24,25)20-26-21-23;/h9-10,21,24-25H,2-8,11-20H2,1H3;1H3/b10-9-;. The Labute approximate surface area is 167 Å².